The van der Waals surface area contributed by atoms with Gasteiger partial charge >= 0.3 is 0 Å². The number of para-hydroxylation sites is 1. The molecule has 5 aromatic carbocycles. The second-order valence-electron chi connectivity index (χ2n) is 10.7. The third-order valence-electron chi connectivity index (χ3n) is 7.94. The predicted octanol–water partition coefficient (Wildman–Crippen LogP) is 9.17. The average Bonchev–Trinajstić information content (AvgIpc) is 3.20. The first-order valence-electron chi connectivity index (χ1n) is 13.2. The van der Waals surface area contributed by atoms with Gasteiger partial charge in [0.15, 0.2) is 28.8 Å². The largest absolute Gasteiger partial charge is 0.449 e. The monoisotopic (exact) mass is 504 g/mol. The second-order valence-corrected chi connectivity index (χ2v) is 10.7. The van der Waals surface area contributed by atoms with Crippen molar-refractivity contribution in [1.82, 2.24) is 9.97 Å². The van der Waals surface area contributed by atoms with E-state index in [2.05, 4.69) is 56.3 Å². The minimum Gasteiger partial charge on any atom is -0.449 e. The summed E-state index contributed by atoms with van der Waals surface area (Å²) in [6.07, 6.45) is 0. The standard InChI is InChI=1S/C35H24N2O2/c1-35(2)26-14-8-6-12-23(26)25-19-31-32(20-27(25)35)39-30-18-22(16-17-29(30)38-31)33-24-13-7-9-15-28(24)36-34(37-33)21-10-4-3-5-11-21/h3-20H,1-2H3. The Bertz CT molecular complexity index is 1940. The molecule has 0 saturated heterocycles. The van der Waals surface area contributed by atoms with Crippen LogP contribution >= 0.6 is 0 Å². The fourth-order valence-corrected chi connectivity index (χ4v) is 5.94. The van der Waals surface area contributed by atoms with Crippen LogP contribution in [0.4, 0.5) is 0 Å². The molecule has 0 spiro atoms. The summed E-state index contributed by atoms with van der Waals surface area (Å²) in [6.45, 7) is 4.54. The van der Waals surface area contributed by atoms with E-state index in [4.69, 9.17) is 19.4 Å². The molecule has 0 bridgehead atoms. The van der Waals surface area contributed by atoms with E-state index in [1.54, 1.807) is 0 Å². The van der Waals surface area contributed by atoms with Crippen LogP contribution in [0.1, 0.15) is 25.0 Å². The highest BCUT2D eigenvalue weighted by atomic mass is 16.6. The van der Waals surface area contributed by atoms with Gasteiger partial charge in [-0.2, -0.15) is 0 Å². The van der Waals surface area contributed by atoms with Gasteiger partial charge in [-0.05, 0) is 58.7 Å². The van der Waals surface area contributed by atoms with Crippen LogP contribution in [0.2, 0.25) is 0 Å². The highest BCUT2D eigenvalue weighted by Crippen LogP contribution is 2.55. The number of rotatable bonds is 2. The van der Waals surface area contributed by atoms with E-state index in [0.717, 1.165) is 39.2 Å². The SMILES string of the molecule is CC1(C)c2ccccc2-c2cc3c(cc21)Oc1cc(-c2nc(-c4ccccc4)nc4ccccc24)ccc1O3. The number of hydrogen-bond acceptors (Lipinski definition) is 4. The van der Waals surface area contributed by atoms with E-state index in [1.165, 1.54) is 22.3 Å². The van der Waals surface area contributed by atoms with Crippen molar-refractivity contribution in [3.05, 3.63) is 120 Å². The first-order chi connectivity index (χ1) is 19.1. The summed E-state index contributed by atoms with van der Waals surface area (Å²) in [5.74, 6) is 3.54. The Hall–Kier alpha value is -4.96. The van der Waals surface area contributed by atoms with Gasteiger partial charge < -0.3 is 9.47 Å². The molecular weight excluding hydrogens is 480 g/mol. The summed E-state index contributed by atoms with van der Waals surface area (Å²) in [7, 11) is 0. The van der Waals surface area contributed by atoms with Gasteiger partial charge in [0, 0.05) is 21.9 Å². The Balaban J connectivity index is 1.24. The minimum atomic E-state index is -0.111. The maximum absolute atomic E-state index is 6.52. The summed E-state index contributed by atoms with van der Waals surface area (Å²) in [4.78, 5) is 9.86. The molecule has 1 aromatic heterocycles. The third kappa shape index (κ3) is 3.31. The maximum atomic E-state index is 6.52. The second kappa shape index (κ2) is 8.02. The first-order valence-corrected chi connectivity index (χ1v) is 13.2. The quantitative estimate of drug-likeness (QED) is 0.235. The van der Waals surface area contributed by atoms with E-state index < -0.39 is 0 Å². The lowest BCUT2D eigenvalue weighted by Crippen LogP contribution is -2.15. The molecule has 0 fully saturated rings. The molecule has 4 heteroatoms. The van der Waals surface area contributed by atoms with E-state index in [9.17, 15) is 0 Å². The number of aromatic nitrogens is 2. The van der Waals surface area contributed by atoms with Crippen molar-refractivity contribution >= 4 is 10.9 Å². The van der Waals surface area contributed by atoms with Crippen LogP contribution in [0.5, 0.6) is 23.0 Å². The van der Waals surface area contributed by atoms with Crippen LogP contribution in [0, 0.1) is 0 Å². The Morgan fingerprint density at radius 1 is 0.538 bits per heavy atom. The van der Waals surface area contributed by atoms with Crippen molar-refractivity contribution in [3.63, 3.8) is 0 Å². The molecule has 2 aliphatic rings. The van der Waals surface area contributed by atoms with Crippen LogP contribution < -0.4 is 9.47 Å². The summed E-state index contributed by atoms with van der Waals surface area (Å²) in [5, 5.41) is 0.992. The molecule has 0 unspecified atom stereocenters. The third-order valence-corrected chi connectivity index (χ3v) is 7.94. The van der Waals surface area contributed by atoms with E-state index in [0.29, 0.717) is 17.3 Å². The van der Waals surface area contributed by atoms with Gasteiger partial charge in [0.25, 0.3) is 0 Å². The average molecular weight is 505 g/mol. The molecule has 0 N–H and O–H groups in total. The fourth-order valence-electron chi connectivity index (χ4n) is 5.94. The van der Waals surface area contributed by atoms with Gasteiger partial charge in [0.1, 0.15) is 0 Å². The molecule has 186 valence electrons. The Kier molecular flexibility index (Phi) is 4.54. The van der Waals surface area contributed by atoms with Crippen LogP contribution in [0.15, 0.2) is 109 Å². The van der Waals surface area contributed by atoms with Crippen LogP contribution in [0.25, 0.3) is 44.7 Å². The fraction of sp³-hybridized carbons (Fsp3) is 0.0857. The lowest BCUT2D eigenvalue weighted by molar-refractivity contribution is 0.359. The lowest BCUT2D eigenvalue weighted by atomic mass is 9.82. The van der Waals surface area contributed by atoms with Crippen molar-refractivity contribution in [2.45, 2.75) is 19.3 Å². The predicted molar refractivity (Wildman–Crippen MR) is 155 cm³/mol. The highest BCUT2D eigenvalue weighted by Gasteiger charge is 2.37. The van der Waals surface area contributed by atoms with Crippen molar-refractivity contribution in [3.8, 4) is 56.8 Å². The molecule has 1 aliphatic heterocycles. The molecule has 6 aromatic rings. The van der Waals surface area contributed by atoms with Crippen molar-refractivity contribution in [2.75, 3.05) is 0 Å². The molecule has 0 saturated carbocycles. The summed E-state index contributed by atoms with van der Waals surface area (Å²) in [6, 6.07) is 37.1. The molecule has 0 atom stereocenters. The first kappa shape index (κ1) is 22.1. The Morgan fingerprint density at radius 2 is 1.26 bits per heavy atom. The molecule has 0 radical (unpaired) electrons. The smallest absolute Gasteiger partial charge is 0.170 e. The molecule has 39 heavy (non-hydrogen) atoms. The molecule has 1 aliphatic carbocycles. The molecule has 4 nitrogen and oxygen atoms in total. The van der Waals surface area contributed by atoms with Gasteiger partial charge in [0.05, 0.1) is 11.2 Å². The van der Waals surface area contributed by atoms with Gasteiger partial charge in [-0.1, -0.05) is 86.6 Å². The minimum absolute atomic E-state index is 0.111. The number of benzene rings is 5. The Labute approximate surface area is 226 Å². The van der Waals surface area contributed by atoms with Gasteiger partial charge in [-0.15, -0.1) is 0 Å². The molecule has 0 amide bonds. The van der Waals surface area contributed by atoms with Crippen molar-refractivity contribution in [2.24, 2.45) is 0 Å². The van der Waals surface area contributed by atoms with Gasteiger partial charge in [-0.3, -0.25) is 0 Å². The number of nitrogens with zero attached hydrogens (tertiary/aromatic N) is 2. The highest BCUT2D eigenvalue weighted by molar-refractivity contribution is 5.94. The number of ether oxygens (including phenoxy) is 2. The zero-order chi connectivity index (χ0) is 26.1. The number of fused-ring (bicyclic) bond motifs is 6. The molecular formula is C35H24N2O2. The summed E-state index contributed by atoms with van der Waals surface area (Å²) in [5.41, 5.74) is 8.63. The van der Waals surface area contributed by atoms with Crippen molar-refractivity contribution in [1.29, 1.82) is 0 Å². The van der Waals surface area contributed by atoms with Crippen LogP contribution in [-0.4, -0.2) is 9.97 Å². The van der Waals surface area contributed by atoms with Crippen molar-refractivity contribution < 1.29 is 9.47 Å². The van der Waals surface area contributed by atoms with Gasteiger partial charge in [-0.25, -0.2) is 9.97 Å². The molecule has 8 rings (SSSR count). The van der Waals surface area contributed by atoms with Crippen LogP contribution in [0.3, 0.4) is 0 Å². The summed E-state index contributed by atoms with van der Waals surface area (Å²) < 4.78 is 12.9. The normalized spacial score (nSPS) is 14.0. The van der Waals surface area contributed by atoms with E-state index in [-0.39, 0.29) is 5.41 Å². The topological polar surface area (TPSA) is 44.2 Å². The maximum Gasteiger partial charge on any atom is 0.170 e. The summed E-state index contributed by atoms with van der Waals surface area (Å²) >= 11 is 0. The zero-order valence-electron chi connectivity index (χ0n) is 21.6. The van der Waals surface area contributed by atoms with E-state index in [1.807, 2.05) is 66.7 Å². The van der Waals surface area contributed by atoms with E-state index >= 15 is 0 Å². The zero-order valence-corrected chi connectivity index (χ0v) is 21.6. The molecule has 2 heterocycles. The Morgan fingerprint density at radius 3 is 2.15 bits per heavy atom. The lowest BCUT2D eigenvalue weighted by Gasteiger charge is -2.25. The number of hydrogen-bond donors (Lipinski definition) is 0. The van der Waals surface area contributed by atoms with Crippen LogP contribution in [-0.2, 0) is 5.41 Å². The van der Waals surface area contributed by atoms with Gasteiger partial charge in [0.2, 0.25) is 0 Å².